The van der Waals surface area contributed by atoms with Crippen molar-refractivity contribution >= 4 is 17.2 Å². The number of ether oxygens (including phenoxy) is 1. The van der Waals surface area contributed by atoms with E-state index in [0.29, 0.717) is 29.2 Å². The molecule has 0 radical (unpaired) electrons. The maximum atomic E-state index is 12.7. The molecular formula is C18H16F3N3O2. The average molecular weight is 363 g/mol. The van der Waals surface area contributed by atoms with Crippen LogP contribution in [0.2, 0.25) is 0 Å². The van der Waals surface area contributed by atoms with Gasteiger partial charge in [0.1, 0.15) is 5.69 Å². The van der Waals surface area contributed by atoms with Gasteiger partial charge in [0.15, 0.2) is 11.4 Å². The molecule has 2 aromatic heterocycles. The fourth-order valence-corrected chi connectivity index (χ4v) is 2.67. The number of halogens is 3. The number of carbonyl (C=O) groups excluding carboxylic acids is 1. The summed E-state index contributed by atoms with van der Waals surface area (Å²) in [5.41, 5.74) is 0.886. The summed E-state index contributed by atoms with van der Waals surface area (Å²) in [7, 11) is 1.51. The van der Waals surface area contributed by atoms with Crippen LogP contribution in [0.3, 0.4) is 0 Å². The van der Waals surface area contributed by atoms with Gasteiger partial charge in [-0.05, 0) is 42.8 Å². The van der Waals surface area contributed by atoms with Crippen LogP contribution in [0.5, 0.6) is 5.75 Å². The first-order valence-electron chi connectivity index (χ1n) is 7.87. The minimum Gasteiger partial charge on any atom is -0.493 e. The topological polar surface area (TPSA) is 55.6 Å². The van der Waals surface area contributed by atoms with Crippen molar-refractivity contribution in [3.63, 3.8) is 0 Å². The Labute approximate surface area is 147 Å². The van der Waals surface area contributed by atoms with Crippen molar-refractivity contribution < 1.29 is 22.7 Å². The number of methoxy groups -OCH3 is 1. The molecule has 0 spiro atoms. The number of nitrogens with one attached hydrogen (secondary N) is 1. The Morgan fingerprint density at radius 1 is 1.23 bits per heavy atom. The van der Waals surface area contributed by atoms with Crippen LogP contribution >= 0.6 is 0 Å². The van der Waals surface area contributed by atoms with Crippen molar-refractivity contribution in [2.45, 2.75) is 19.5 Å². The van der Waals surface area contributed by atoms with E-state index in [2.05, 4.69) is 10.3 Å². The van der Waals surface area contributed by atoms with Gasteiger partial charge in [0, 0.05) is 11.9 Å². The van der Waals surface area contributed by atoms with Crippen LogP contribution in [-0.4, -0.2) is 22.4 Å². The average Bonchev–Trinajstić information content (AvgIpc) is 3.00. The van der Waals surface area contributed by atoms with Crippen LogP contribution in [0.1, 0.15) is 28.7 Å². The molecular weight excluding hydrogens is 347 g/mol. The summed E-state index contributed by atoms with van der Waals surface area (Å²) < 4.78 is 44.8. The van der Waals surface area contributed by atoms with E-state index in [-0.39, 0.29) is 5.69 Å². The number of anilines is 1. The minimum atomic E-state index is -4.42. The smallest absolute Gasteiger partial charge is 0.416 e. The Morgan fingerprint density at radius 2 is 1.92 bits per heavy atom. The SMILES string of the molecule is CCc1nc2c(OC)cccn2c1C(=O)Nc1ccc(C(F)(F)F)cc1. The van der Waals surface area contributed by atoms with E-state index >= 15 is 0 Å². The lowest BCUT2D eigenvalue weighted by atomic mass is 10.2. The quantitative estimate of drug-likeness (QED) is 0.757. The van der Waals surface area contributed by atoms with Gasteiger partial charge in [0.2, 0.25) is 0 Å². The molecule has 8 heteroatoms. The third-order valence-electron chi connectivity index (χ3n) is 3.93. The molecule has 5 nitrogen and oxygen atoms in total. The first kappa shape index (κ1) is 17.8. The molecule has 3 rings (SSSR count). The molecule has 1 N–H and O–H groups in total. The number of aromatic nitrogens is 2. The van der Waals surface area contributed by atoms with Crippen LogP contribution in [0.15, 0.2) is 42.6 Å². The summed E-state index contributed by atoms with van der Waals surface area (Å²) in [5.74, 6) is 0.0677. The summed E-state index contributed by atoms with van der Waals surface area (Å²) in [5, 5.41) is 2.62. The van der Waals surface area contributed by atoms with Gasteiger partial charge in [0.05, 0.1) is 18.4 Å². The molecule has 0 bridgehead atoms. The Morgan fingerprint density at radius 3 is 2.50 bits per heavy atom. The third-order valence-corrected chi connectivity index (χ3v) is 3.93. The number of alkyl halides is 3. The zero-order valence-electron chi connectivity index (χ0n) is 14.1. The van der Waals surface area contributed by atoms with Gasteiger partial charge in [-0.2, -0.15) is 13.2 Å². The van der Waals surface area contributed by atoms with Gasteiger partial charge in [-0.15, -0.1) is 0 Å². The van der Waals surface area contributed by atoms with Crippen LogP contribution in [0.25, 0.3) is 5.65 Å². The normalized spacial score (nSPS) is 11.6. The van der Waals surface area contributed by atoms with Crippen molar-refractivity contribution in [1.82, 2.24) is 9.38 Å². The van der Waals surface area contributed by atoms with Crippen LogP contribution < -0.4 is 10.1 Å². The highest BCUT2D eigenvalue weighted by Crippen LogP contribution is 2.30. The van der Waals surface area contributed by atoms with Crippen LogP contribution in [-0.2, 0) is 12.6 Å². The van der Waals surface area contributed by atoms with E-state index in [1.807, 2.05) is 6.92 Å². The van der Waals surface area contributed by atoms with Crippen molar-refractivity contribution in [3.8, 4) is 5.75 Å². The number of nitrogens with zero attached hydrogens (tertiary/aromatic N) is 2. The van der Waals surface area contributed by atoms with Gasteiger partial charge in [0.25, 0.3) is 5.91 Å². The van der Waals surface area contributed by atoms with Gasteiger partial charge in [-0.25, -0.2) is 4.98 Å². The lowest BCUT2D eigenvalue weighted by Gasteiger charge is -2.09. The number of rotatable bonds is 4. The summed E-state index contributed by atoms with van der Waals surface area (Å²) in [6.45, 7) is 1.86. The van der Waals surface area contributed by atoms with E-state index in [4.69, 9.17) is 4.74 Å². The Kier molecular flexibility index (Phi) is 4.58. The fraction of sp³-hybridized carbons (Fsp3) is 0.222. The summed E-state index contributed by atoms with van der Waals surface area (Å²) in [4.78, 5) is 17.2. The second-order valence-electron chi connectivity index (χ2n) is 5.56. The van der Waals surface area contributed by atoms with E-state index in [1.165, 1.54) is 19.2 Å². The number of aryl methyl sites for hydroxylation is 1. The van der Waals surface area contributed by atoms with Crippen molar-refractivity contribution in [1.29, 1.82) is 0 Å². The van der Waals surface area contributed by atoms with Gasteiger partial charge < -0.3 is 10.1 Å². The molecule has 136 valence electrons. The lowest BCUT2D eigenvalue weighted by Crippen LogP contribution is -2.16. The monoisotopic (exact) mass is 363 g/mol. The van der Waals surface area contributed by atoms with E-state index in [9.17, 15) is 18.0 Å². The number of pyridine rings is 1. The van der Waals surface area contributed by atoms with Gasteiger partial charge >= 0.3 is 6.18 Å². The lowest BCUT2D eigenvalue weighted by molar-refractivity contribution is -0.137. The summed E-state index contributed by atoms with van der Waals surface area (Å²) in [6, 6.07) is 7.75. The van der Waals surface area contributed by atoms with Gasteiger partial charge in [-0.1, -0.05) is 6.92 Å². The zero-order valence-corrected chi connectivity index (χ0v) is 14.1. The second-order valence-corrected chi connectivity index (χ2v) is 5.56. The number of hydrogen-bond acceptors (Lipinski definition) is 3. The maximum Gasteiger partial charge on any atom is 0.416 e. The largest absolute Gasteiger partial charge is 0.493 e. The number of imidazole rings is 1. The van der Waals surface area contributed by atoms with Crippen LogP contribution in [0.4, 0.5) is 18.9 Å². The Balaban J connectivity index is 1.95. The fourth-order valence-electron chi connectivity index (χ4n) is 2.67. The molecule has 3 aromatic rings. The third kappa shape index (κ3) is 3.22. The minimum absolute atomic E-state index is 0.267. The molecule has 0 aliphatic heterocycles. The van der Waals surface area contributed by atoms with E-state index in [0.717, 1.165) is 12.1 Å². The zero-order chi connectivity index (χ0) is 18.9. The number of hydrogen-bond donors (Lipinski definition) is 1. The predicted octanol–water partition coefficient (Wildman–Crippen LogP) is 4.18. The molecule has 26 heavy (non-hydrogen) atoms. The number of benzene rings is 1. The molecule has 0 aliphatic rings. The molecule has 2 heterocycles. The molecule has 0 atom stereocenters. The number of carbonyl (C=O) groups is 1. The molecule has 0 fully saturated rings. The summed E-state index contributed by atoms with van der Waals surface area (Å²) in [6.07, 6.45) is -2.22. The molecule has 0 unspecified atom stereocenters. The second kappa shape index (κ2) is 6.70. The molecule has 0 aliphatic carbocycles. The van der Waals surface area contributed by atoms with Crippen LogP contribution in [0, 0.1) is 0 Å². The standard InChI is InChI=1S/C18H16F3N3O2/c1-3-13-15(24-10-4-5-14(26-2)16(24)23-13)17(25)22-12-8-6-11(7-9-12)18(19,20)21/h4-10H,3H2,1-2H3,(H,22,25). The Hall–Kier alpha value is -3.03. The Bertz CT molecular complexity index is 947. The first-order valence-corrected chi connectivity index (χ1v) is 7.87. The van der Waals surface area contributed by atoms with Crippen molar-refractivity contribution in [2.24, 2.45) is 0 Å². The molecule has 1 amide bonds. The maximum absolute atomic E-state index is 12.7. The van der Waals surface area contributed by atoms with Crippen molar-refractivity contribution in [2.75, 3.05) is 12.4 Å². The molecule has 1 aromatic carbocycles. The van der Waals surface area contributed by atoms with Gasteiger partial charge in [-0.3, -0.25) is 9.20 Å². The highest BCUT2D eigenvalue weighted by molar-refractivity contribution is 6.04. The molecule has 0 saturated heterocycles. The van der Waals surface area contributed by atoms with E-state index < -0.39 is 17.6 Å². The van der Waals surface area contributed by atoms with E-state index in [1.54, 1.807) is 22.7 Å². The first-order chi connectivity index (χ1) is 12.3. The number of fused-ring (bicyclic) bond motifs is 1. The molecule has 0 saturated carbocycles. The summed E-state index contributed by atoms with van der Waals surface area (Å²) >= 11 is 0. The highest BCUT2D eigenvalue weighted by atomic mass is 19.4. The predicted molar refractivity (Wildman–Crippen MR) is 90.5 cm³/mol. The van der Waals surface area contributed by atoms with Crippen molar-refractivity contribution in [3.05, 3.63) is 59.5 Å². The highest BCUT2D eigenvalue weighted by Gasteiger charge is 2.30. The number of amides is 1.